The number of nitriles is 1. The minimum atomic E-state index is -4.28. The van der Waals surface area contributed by atoms with E-state index in [9.17, 15) is 18.5 Å². The number of halogens is 1. The number of nitrogens with zero attached hydrogens (tertiary/aromatic N) is 2. The molecule has 0 saturated carbocycles. The van der Waals surface area contributed by atoms with Crippen LogP contribution in [0.15, 0.2) is 17.0 Å². The molecule has 0 fully saturated rings. The molecule has 0 amide bonds. The molecule has 0 bridgehead atoms. The minimum absolute atomic E-state index is 0.229. The zero-order valence-corrected chi connectivity index (χ0v) is 9.70. The van der Waals surface area contributed by atoms with E-state index < -0.39 is 36.7 Å². The Morgan fingerprint density at radius 2 is 2.12 bits per heavy atom. The maximum absolute atomic E-state index is 11.2. The monoisotopic (exact) mass is 276 g/mol. The van der Waals surface area contributed by atoms with Crippen LogP contribution in [0.2, 0.25) is 0 Å². The molecule has 0 unspecified atom stereocenters. The molecule has 0 spiro atoms. The Bertz CT molecular complexity index is 620. The normalized spacial score (nSPS) is 10.9. The van der Waals surface area contributed by atoms with Gasteiger partial charge in [0, 0.05) is 16.7 Å². The molecule has 90 valence electrons. The van der Waals surface area contributed by atoms with Crippen LogP contribution in [0.5, 0.6) is 0 Å². The van der Waals surface area contributed by atoms with Crippen molar-refractivity contribution in [3.05, 3.63) is 33.4 Å². The lowest BCUT2D eigenvalue weighted by molar-refractivity contribution is -0.386. The van der Waals surface area contributed by atoms with Gasteiger partial charge in [0.2, 0.25) is 0 Å². The number of benzene rings is 1. The molecular formula is C8H5ClN2O5S. The summed E-state index contributed by atoms with van der Waals surface area (Å²) in [5.74, 6) is 0. The molecule has 1 rings (SSSR count). The molecule has 9 heteroatoms. The number of hydrogen-bond acceptors (Lipinski definition) is 6. The second-order valence-electron chi connectivity index (χ2n) is 2.94. The zero-order valence-electron chi connectivity index (χ0n) is 8.12. The number of rotatable bonds is 3. The number of aliphatic hydroxyl groups is 1. The summed E-state index contributed by atoms with van der Waals surface area (Å²) < 4.78 is 22.4. The van der Waals surface area contributed by atoms with E-state index in [1.807, 2.05) is 0 Å². The third kappa shape index (κ3) is 2.71. The number of nitro benzene ring substituents is 1. The summed E-state index contributed by atoms with van der Waals surface area (Å²) >= 11 is 0. The van der Waals surface area contributed by atoms with E-state index in [2.05, 4.69) is 0 Å². The highest BCUT2D eigenvalue weighted by molar-refractivity contribution is 8.13. The number of hydrogen-bond donors (Lipinski definition) is 1. The van der Waals surface area contributed by atoms with E-state index in [1.54, 1.807) is 6.07 Å². The highest BCUT2D eigenvalue weighted by Gasteiger charge is 2.25. The Hall–Kier alpha value is -1.69. The second kappa shape index (κ2) is 4.67. The fourth-order valence-electron chi connectivity index (χ4n) is 1.23. The highest BCUT2D eigenvalue weighted by atomic mass is 35.7. The molecule has 0 radical (unpaired) electrons. The van der Waals surface area contributed by atoms with Crippen molar-refractivity contribution >= 4 is 25.4 Å². The topological polar surface area (TPSA) is 121 Å². The molecule has 0 atom stereocenters. The van der Waals surface area contributed by atoms with Crippen molar-refractivity contribution in [2.45, 2.75) is 11.5 Å². The first-order valence-corrected chi connectivity index (χ1v) is 6.39. The summed E-state index contributed by atoms with van der Waals surface area (Å²) in [7, 11) is 0.800. The fourth-order valence-corrected chi connectivity index (χ4v) is 2.38. The van der Waals surface area contributed by atoms with Gasteiger partial charge in [-0.25, -0.2) is 8.42 Å². The van der Waals surface area contributed by atoms with Gasteiger partial charge >= 0.3 is 0 Å². The summed E-state index contributed by atoms with van der Waals surface area (Å²) in [6.45, 7) is -0.872. The van der Waals surface area contributed by atoms with Crippen molar-refractivity contribution in [3.8, 4) is 6.07 Å². The molecule has 1 N–H and O–H groups in total. The van der Waals surface area contributed by atoms with Crippen LogP contribution in [-0.4, -0.2) is 18.4 Å². The Kier molecular flexibility index (Phi) is 3.67. The SMILES string of the molecule is N#Cc1cc([N+](=O)[O-])c(CO)c(S(=O)(=O)Cl)c1. The van der Waals surface area contributed by atoms with Gasteiger partial charge in [0.25, 0.3) is 14.7 Å². The summed E-state index contributed by atoms with van der Waals surface area (Å²) in [6, 6.07) is 3.32. The van der Waals surface area contributed by atoms with Crippen molar-refractivity contribution in [1.82, 2.24) is 0 Å². The van der Waals surface area contributed by atoms with Crippen molar-refractivity contribution in [3.63, 3.8) is 0 Å². The van der Waals surface area contributed by atoms with Gasteiger partial charge in [0.05, 0.1) is 33.6 Å². The van der Waals surface area contributed by atoms with Crippen molar-refractivity contribution in [2.24, 2.45) is 0 Å². The van der Waals surface area contributed by atoms with Crippen molar-refractivity contribution < 1.29 is 18.4 Å². The third-order valence-electron chi connectivity index (χ3n) is 1.93. The lowest BCUT2D eigenvalue weighted by Gasteiger charge is -2.05. The van der Waals surface area contributed by atoms with Crippen LogP contribution in [-0.2, 0) is 15.7 Å². The Balaban J connectivity index is 3.77. The van der Waals surface area contributed by atoms with E-state index in [4.69, 9.17) is 21.1 Å². The van der Waals surface area contributed by atoms with Gasteiger partial charge in [-0.3, -0.25) is 10.1 Å². The van der Waals surface area contributed by atoms with Gasteiger partial charge in [-0.05, 0) is 6.07 Å². The van der Waals surface area contributed by atoms with E-state index in [0.717, 1.165) is 12.1 Å². The Morgan fingerprint density at radius 3 is 2.47 bits per heavy atom. The lowest BCUT2D eigenvalue weighted by Crippen LogP contribution is -2.04. The average molecular weight is 277 g/mol. The van der Waals surface area contributed by atoms with Crippen molar-refractivity contribution in [2.75, 3.05) is 0 Å². The first kappa shape index (κ1) is 13.4. The summed E-state index contributed by atoms with van der Waals surface area (Å²) in [4.78, 5) is 9.15. The molecule has 0 aliphatic carbocycles. The molecule has 0 aromatic heterocycles. The van der Waals surface area contributed by atoms with Gasteiger partial charge in [0.1, 0.15) is 0 Å². The molecule has 7 nitrogen and oxygen atoms in total. The molecule has 0 aliphatic heterocycles. The minimum Gasteiger partial charge on any atom is -0.391 e. The number of nitro groups is 1. The van der Waals surface area contributed by atoms with E-state index in [1.165, 1.54) is 0 Å². The predicted octanol–water partition coefficient (Wildman–Crippen LogP) is 0.886. The lowest BCUT2D eigenvalue weighted by atomic mass is 10.1. The first-order valence-electron chi connectivity index (χ1n) is 4.08. The molecule has 0 saturated heterocycles. The predicted molar refractivity (Wildman–Crippen MR) is 56.8 cm³/mol. The number of aliphatic hydroxyl groups excluding tert-OH is 1. The molecular weight excluding hydrogens is 272 g/mol. The first-order chi connectivity index (χ1) is 7.81. The van der Waals surface area contributed by atoms with E-state index in [0.29, 0.717) is 0 Å². The van der Waals surface area contributed by atoms with Gasteiger partial charge in [0.15, 0.2) is 0 Å². The van der Waals surface area contributed by atoms with Crippen LogP contribution >= 0.6 is 10.7 Å². The fraction of sp³-hybridized carbons (Fsp3) is 0.125. The van der Waals surface area contributed by atoms with Gasteiger partial charge in [-0.15, -0.1) is 0 Å². The van der Waals surface area contributed by atoms with Crippen LogP contribution in [0, 0.1) is 21.4 Å². The zero-order chi connectivity index (χ0) is 13.2. The molecule has 1 aromatic rings. The van der Waals surface area contributed by atoms with Crippen LogP contribution in [0.4, 0.5) is 5.69 Å². The summed E-state index contributed by atoms with van der Waals surface area (Å²) in [5, 5.41) is 28.3. The van der Waals surface area contributed by atoms with Crippen molar-refractivity contribution in [1.29, 1.82) is 5.26 Å². The quantitative estimate of drug-likeness (QED) is 0.497. The van der Waals surface area contributed by atoms with Crippen LogP contribution < -0.4 is 0 Å². The van der Waals surface area contributed by atoms with Crippen LogP contribution in [0.3, 0.4) is 0 Å². The average Bonchev–Trinajstić information content (AvgIpc) is 2.25. The Morgan fingerprint density at radius 1 is 1.53 bits per heavy atom. The largest absolute Gasteiger partial charge is 0.391 e. The summed E-state index contributed by atoms with van der Waals surface area (Å²) in [5.41, 5.74) is -1.33. The van der Waals surface area contributed by atoms with E-state index >= 15 is 0 Å². The van der Waals surface area contributed by atoms with Crippen LogP contribution in [0.25, 0.3) is 0 Å². The van der Waals surface area contributed by atoms with Gasteiger partial charge in [-0.1, -0.05) is 0 Å². The Labute approximate surface area is 100 Å². The third-order valence-corrected chi connectivity index (χ3v) is 3.32. The molecule has 17 heavy (non-hydrogen) atoms. The second-order valence-corrected chi connectivity index (χ2v) is 5.47. The van der Waals surface area contributed by atoms with E-state index in [-0.39, 0.29) is 5.56 Å². The highest BCUT2D eigenvalue weighted by Crippen LogP contribution is 2.29. The van der Waals surface area contributed by atoms with Gasteiger partial charge in [-0.2, -0.15) is 5.26 Å². The molecule has 1 aromatic carbocycles. The van der Waals surface area contributed by atoms with Gasteiger partial charge < -0.3 is 5.11 Å². The molecule has 0 aliphatic rings. The standard InChI is InChI=1S/C8H5ClN2O5S/c9-17(15,16)8-2-5(3-10)1-7(11(13)14)6(8)4-12/h1-2,12H,4H2. The summed E-state index contributed by atoms with van der Waals surface area (Å²) in [6.07, 6.45) is 0. The smallest absolute Gasteiger partial charge is 0.277 e. The molecule has 0 heterocycles. The maximum atomic E-state index is 11.2. The maximum Gasteiger partial charge on any atom is 0.277 e. The van der Waals surface area contributed by atoms with Crippen LogP contribution in [0.1, 0.15) is 11.1 Å².